The molecule has 0 amide bonds. The van der Waals surface area contributed by atoms with Gasteiger partial charge >= 0.3 is 0 Å². The van der Waals surface area contributed by atoms with Crippen LogP contribution in [0, 0.1) is 15.9 Å². The van der Waals surface area contributed by atoms with Crippen molar-refractivity contribution in [3.8, 4) is 5.75 Å². The van der Waals surface area contributed by atoms with Gasteiger partial charge in [0.25, 0.3) is 5.09 Å². The zero-order chi connectivity index (χ0) is 21.5. The maximum absolute atomic E-state index is 13.3. The van der Waals surface area contributed by atoms with Gasteiger partial charge in [-0.05, 0) is 36.8 Å². The molecule has 1 aromatic heterocycles. The van der Waals surface area contributed by atoms with Crippen LogP contribution in [0.15, 0.2) is 72.4 Å². The van der Waals surface area contributed by atoms with E-state index < -0.39 is 5.09 Å². The summed E-state index contributed by atoms with van der Waals surface area (Å²) in [5.41, 5.74) is 2.36. The lowest BCUT2D eigenvalue weighted by Gasteiger charge is -2.33. The SMILES string of the molecule is CC1Oc2ccccc2/C(=N/OCc2cccc(F)c2)C1n1ccnc1.O=[N+]([O-])O. The van der Waals surface area contributed by atoms with Gasteiger partial charge in [-0.15, -0.1) is 10.1 Å². The Bertz CT molecular complexity index is 1020. The van der Waals surface area contributed by atoms with Crippen molar-refractivity contribution < 1.29 is 24.3 Å². The summed E-state index contributed by atoms with van der Waals surface area (Å²) in [4.78, 5) is 18.1. The maximum atomic E-state index is 13.3. The summed E-state index contributed by atoms with van der Waals surface area (Å²) >= 11 is 0. The lowest BCUT2D eigenvalue weighted by molar-refractivity contribution is -0.742. The van der Waals surface area contributed by atoms with E-state index in [1.807, 2.05) is 42.0 Å². The molecule has 3 aromatic rings. The van der Waals surface area contributed by atoms with Crippen molar-refractivity contribution in [1.29, 1.82) is 0 Å². The first kappa shape index (κ1) is 20.8. The predicted molar refractivity (Wildman–Crippen MR) is 104 cm³/mol. The smallest absolute Gasteiger partial charge is 0.291 e. The summed E-state index contributed by atoms with van der Waals surface area (Å²) in [6, 6.07) is 13.9. The molecule has 156 valence electrons. The molecule has 0 aliphatic carbocycles. The van der Waals surface area contributed by atoms with Crippen molar-refractivity contribution in [3.05, 3.63) is 94.3 Å². The van der Waals surface area contributed by atoms with Crippen molar-refractivity contribution in [1.82, 2.24) is 9.55 Å². The van der Waals surface area contributed by atoms with Crippen LogP contribution < -0.4 is 4.74 Å². The van der Waals surface area contributed by atoms with Crippen LogP contribution in [0.5, 0.6) is 5.75 Å². The number of halogens is 1. The first-order valence-corrected chi connectivity index (χ1v) is 8.96. The van der Waals surface area contributed by atoms with E-state index in [9.17, 15) is 4.39 Å². The van der Waals surface area contributed by atoms with Crippen LogP contribution in [0.1, 0.15) is 24.1 Å². The molecule has 0 fully saturated rings. The molecular formula is C20H19FN4O5. The summed E-state index contributed by atoms with van der Waals surface area (Å²) in [5, 5.41) is 18.0. The van der Waals surface area contributed by atoms with Crippen LogP contribution in [-0.4, -0.2) is 31.7 Å². The Balaban J connectivity index is 0.000000589. The standard InChI is InChI=1S/C20H18FN3O2.HNO3/c1-14-20(24-10-9-22-13-24)19(17-7-2-3-8-18(17)26-14)23-25-12-15-5-4-6-16(21)11-15;2-1(3)4/h2-11,13-14,20H,12H2,1H3;(H,2,3,4)/b23-19-;. The Hall–Kier alpha value is -3.95. The van der Waals surface area contributed by atoms with Crippen LogP contribution >= 0.6 is 0 Å². The molecule has 0 spiro atoms. The van der Waals surface area contributed by atoms with E-state index in [-0.39, 0.29) is 24.6 Å². The Morgan fingerprint density at radius 3 is 2.80 bits per heavy atom. The molecule has 9 nitrogen and oxygen atoms in total. The van der Waals surface area contributed by atoms with E-state index >= 15 is 0 Å². The fraction of sp³-hybridized carbons (Fsp3) is 0.200. The third kappa shape index (κ3) is 5.10. The predicted octanol–water partition coefficient (Wildman–Crippen LogP) is 3.62. The monoisotopic (exact) mass is 414 g/mol. The maximum Gasteiger partial charge on any atom is 0.291 e. The van der Waals surface area contributed by atoms with Crippen LogP contribution in [-0.2, 0) is 11.4 Å². The van der Waals surface area contributed by atoms with Gasteiger partial charge in [0.1, 0.15) is 36.0 Å². The summed E-state index contributed by atoms with van der Waals surface area (Å²) in [7, 11) is 0. The van der Waals surface area contributed by atoms with E-state index in [0.29, 0.717) is 0 Å². The number of hydrogen-bond donors (Lipinski definition) is 1. The van der Waals surface area contributed by atoms with E-state index in [0.717, 1.165) is 22.6 Å². The van der Waals surface area contributed by atoms with Crippen LogP contribution in [0.3, 0.4) is 0 Å². The molecule has 0 saturated heterocycles. The number of benzene rings is 2. The number of hydrogen-bond acceptors (Lipinski definition) is 6. The average molecular weight is 414 g/mol. The van der Waals surface area contributed by atoms with E-state index in [1.165, 1.54) is 12.1 Å². The van der Waals surface area contributed by atoms with E-state index in [2.05, 4.69) is 10.1 Å². The number of aromatic nitrogens is 2. The van der Waals surface area contributed by atoms with Crippen molar-refractivity contribution in [2.45, 2.75) is 25.7 Å². The highest BCUT2D eigenvalue weighted by atomic mass is 19.1. The van der Waals surface area contributed by atoms with Gasteiger partial charge in [0.2, 0.25) is 0 Å². The quantitative estimate of drug-likeness (QED) is 0.515. The lowest BCUT2D eigenvalue weighted by atomic mass is 9.95. The van der Waals surface area contributed by atoms with Crippen LogP contribution in [0.2, 0.25) is 0 Å². The van der Waals surface area contributed by atoms with Crippen molar-refractivity contribution in [2.75, 3.05) is 0 Å². The fourth-order valence-electron chi connectivity index (χ4n) is 3.15. The van der Waals surface area contributed by atoms with E-state index in [4.69, 9.17) is 24.9 Å². The minimum Gasteiger partial charge on any atom is -0.487 e. The first-order valence-electron chi connectivity index (χ1n) is 8.96. The highest BCUT2D eigenvalue weighted by Gasteiger charge is 2.34. The number of fused-ring (bicyclic) bond motifs is 1. The molecule has 1 N–H and O–H groups in total. The molecule has 1 aliphatic heterocycles. The second kappa shape index (κ2) is 9.50. The van der Waals surface area contributed by atoms with Gasteiger partial charge in [-0.2, -0.15) is 0 Å². The van der Waals surface area contributed by atoms with E-state index in [1.54, 1.807) is 24.7 Å². The second-order valence-electron chi connectivity index (χ2n) is 6.39. The minimum atomic E-state index is -1.50. The molecule has 1 aliphatic rings. The van der Waals surface area contributed by atoms with Gasteiger partial charge in [0, 0.05) is 18.0 Å². The van der Waals surface area contributed by atoms with Gasteiger partial charge in [0.05, 0.1) is 6.33 Å². The number of para-hydroxylation sites is 1. The zero-order valence-corrected chi connectivity index (χ0v) is 16.0. The molecular weight excluding hydrogens is 395 g/mol. The second-order valence-corrected chi connectivity index (χ2v) is 6.39. The number of nitrogens with zero attached hydrogens (tertiary/aromatic N) is 4. The largest absolute Gasteiger partial charge is 0.487 e. The molecule has 30 heavy (non-hydrogen) atoms. The Kier molecular flexibility index (Phi) is 6.58. The lowest BCUT2D eigenvalue weighted by Crippen LogP contribution is -2.37. The molecule has 0 saturated carbocycles. The van der Waals surface area contributed by atoms with Crippen LogP contribution in [0.25, 0.3) is 0 Å². The molecule has 2 atom stereocenters. The number of oxime groups is 1. The third-order valence-electron chi connectivity index (χ3n) is 4.33. The average Bonchev–Trinajstić information content (AvgIpc) is 3.21. The number of imidazole rings is 1. The molecule has 2 unspecified atom stereocenters. The van der Waals surface area contributed by atoms with Crippen molar-refractivity contribution in [2.24, 2.45) is 5.16 Å². The van der Waals surface area contributed by atoms with Gasteiger partial charge in [-0.3, -0.25) is 0 Å². The van der Waals surface area contributed by atoms with Gasteiger partial charge in [0.15, 0.2) is 0 Å². The normalized spacial score (nSPS) is 18.5. The molecule has 10 heteroatoms. The number of ether oxygens (including phenoxy) is 1. The third-order valence-corrected chi connectivity index (χ3v) is 4.33. The molecule has 2 aromatic carbocycles. The molecule has 0 bridgehead atoms. The topological polar surface area (TPSA) is 112 Å². The summed E-state index contributed by atoms with van der Waals surface area (Å²) in [6.07, 6.45) is 5.19. The van der Waals surface area contributed by atoms with Gasteiger partial charge in [-0.1, -0.05) is 29.4 Å². The highest BCUT2D eigenvalue weighted by Crippen LogP contribution is 2.34. The Morgan fingerprint density at radius 2 is 2.10 bits per heavy atom. The highest BCUT2D eigenvalue weighted by molar-refractivity contribution is 6.06. The first-order chi connectivity index (χ1) is 14.5. The summed E-state index contributed by atoms with van der Waals surface area (Å²) < 4.78 is 21.3. The zero-order valence-electron chi connectivity index (χ0n) is 16.0. The van der Waals surface area contributed by atoms with Gasteiger partial charge in [-0.25, -0.2) is 9.37 Å². The summed E-state index contributed by atoms with van der Waals surface area (Å²) in [5.74, 6) is 0.476. The van der Waals surface area contributed by atoms with Crippen LogP contribution in [0.4, 0.5) is 4.39 Å². The number of rotatable bonds is 4. The Labute approximate surface area is 171 Å². The molecule has 2 heterocycles. The molecule has 4 rings (SSSR count). The van der Waals surface area contributed by atoms with Crippen molar-refractivity contribution >= 4 is 5.71 Å². The Morgan fingerprint density at radius 1 is 1.33 bits per heavy atom. The summed E-state index contributed by atoms with van der Waals surface area (Å²) in [6.45, 7) is 2.18. The molecule has 0 radical (unpaired) electrons. The van der Waals surface area contributed by atoms with Gasteiger partial charge < -0.3 is 19.3 Å². The minimum absolute atomic E-state index is 0.143. The fourth-order valence-corrected chi connectivity index (χ4v) is 3.15. The van der Waals surface area contributed by atoms with Crippen molar-refractivity contribution in [3.63, 3.8) is 0 Å².